The number of amides is 1. The van der Waals surface area contributed by atoms with E-state index in [-0.39, 0.29) is 10.1 Å². The maximum absolute atomic E-state index is 12.9. The molecule has 1 saturated heterocycles. The molecular formula is C22H18ClN3O3S2. The maximum Gasteiger partial charge on any atom is 0.250 e. The highest BCUT2D eigenvalue weighted by molar-refractivity contribution is 7.91. The van der Waals surface area contributed by atoms with Crippen molar-refractivity contribution in [2.75, 3.05) is 6.54 Å². The van der Waals surface area contributed by atoms with Gasteiger partial charge in [0.25, 0.3) is 10.0 Å². The molecule has 2 aromatic heterocycles. The lowest BCUT2D eigenvalue weighted by atomic mass is 10.1. The van der Waals surface area contributed by atoms with Gasteiger partial charge in [-0.25, -0.2) is 13.4 Å². The second-order valence-electron chi connectivity index (χ2n) is 7.49. The third-order valence-electron chi connectivity index (χ3n) is 5.36. The van der Waals surface area contributed by atoms with Crippen LogP contribution in [0.2, 0.25) is 5.15 Å². The lowest BCUT2D eigenvalue weighted by molar-refractivity contribution is -0.129. The molecule has 0 bridgehead atoms. The van der Waals surface area contributed by atoms with Crippen LogP contribution in [0.5, 0.6) is 0 Å². The Balaban J connectivity index is 1.31. The van der Waals surface area contributed by atoms with Crippen molar-refractivity contribution in [3.05, 3.63) is 71.4 Å². The third kappa shape index (κ3) is 4.04. The van der Waals surface area contributed by atoms with E-state index >= 15 is 0 Å². The fraction of sp³-hybridized carbons (Fsp3) is 0.182. The summed E-state index contributed by atoms with van der Waals surface area (Å²) in [6.07, 6.45) is 0.431. The summed E-state index contributed by atoms with van der Waals surface area (Å²) >= 11 is 7.18. The number of thiophene rings is 1. The summed E-state index contributed by atoms with van der Waals surface area (Å²) in [5.41, 5.74) is 1.68. The number of carbonyl (C=O) groups excluding carboxylic acids is 1. The quantitative estimate of drug-likeness (QED) is 0.443. The number of benzene rings is 2. The molecule has 1 fully saturated rings. The zero-order valence-corrected chi connectivity index (χ0v) is 18.7. The smallest absolute Gasteiger partial charge is 0.250 e. The number of hydrogen-bond donors (Lipinski definition) is 1. The van der Waals surface area contributed by atoms with Gasteiger partial charge in [-0.05, 0) is 47.7 Å². The Hall–Kier alpha value is -2.52. The molecule has 4 aromatic rings. The SMILES string of the molecule is O=C1[C@@H](NS(=O)(=O)c2cc3ccccc3s2)CCN1Cc1ccc2ccc(Cl)nc2c1. The molecule has 0 spiro atoms. The number of halogens is 1. The maximum atomic E-state index is 12.9. The highest BCUT2D eigenvalue weighted by Gasteiger charge is 2.35. The first kappa shape index (κ1) is 20.4. The molecule has 31 heavy (non-hydrogen) atoms. The van der Waals surface area contributed by atoms with E-state index < -0.39 is 16.1 Å². The third-order valence-corrected chi connectivity index (χ3v) is 8.63. The van der Waals surface area contributed by atoms with E-state index in [0.717, 1.165) is 26.6 Å². The predicted molar refractivity (Wildman–Crippen MR) is 123 cm³/mol. The summed E-state index contributed by atoms with van der Waals surface area (Å²) in [6, 6.07) is 17.8. The summed E-state index contributed by atoms with van der Waals surface area (Å²) in [5, 5.41) is 2.25. The lowest BCUT2D eigenvalue weighted by Gasteiger charge is -2.17. The number of pyridine rings is 1. The van der Waals surface area contributed by atoms with Crippen molar-refractivity contribution in [2.24, 2.45) is 0 Å². The Morgan fingerprint density at radius 1 is 1.10 bits per heavy atom. The second-order valence-corrected chi connectivity index (χ2v) is 10.9. The topological polar surface area (TPSA) is 79.4 Å². The molecule has 1 aliphatic heterocycles. The first-order valence-electron chi connectivity index (χ1n) is 9.74. The Morgan fingerprint density at radius 3 is 2.74 bits per heavy atom. The van der Waals surface area contributed by atoms with Gasteiger partial charge in [0.2, 0.25) is 5.91 Å². The van der Waals surface area contributed by atoms with Crippen molar-refractivity contribution < 1.29 is 13.2 Å². The van der Waals surface area contributed by atoms with E-state index in [4.69, 9.17) is 11.6 Å². The van der Waals surface area contributed by atoms with Gasteiger partial charge in [-0.1, -0.05) is 41.9 Å². The largest absolute Gasteiger partial charge is 0.337 e. The summed E-state index contributed by atoms with van der Waals surface area (Å²) in [4.78, 5) is 18.9. The molecule has 1 N–H and O–H groups in total. The average Bonchev–Trinajstić information content (AvgIpc) is 3.33. The Labute approximate surface area is 188 Å². The minimum absolute atomic E-state index is 0.219. The highest BCUT2D eigenvalue weighted by atomic mass is 35.5. The van der Waals surface area contributed by atoms with Crippen molar-refractivity contribution in [1.82, 2.24) is 14.6 Å². The normalized spacial score (nSPS) is 17.1. The van der Waals surface area contributed by atoms with E-state index in [1.54, 1.807) is 17.0 Å². The molecular weight excluding hydrogens is 454 g/mol. The van der Waals surface area contributed by atoms with Gasteiger partial charge in [-0.15, -0.1) is 11.3 Å². The standard InChI is InChI=1S/C22H18ClN3O3S2/c23-20-8-7-15-6-5-14(11-18(15)24-20)13-26-10-9-17(22(26)27)25-31(28,29)21-12-16-3-1-2-4-19(16)30-21/h1-8,11-12,17,25H,9-10,13H2/t17-/m0/s1. The average molecular weight is 472 g/mol. The van der Waals surface area contributed by atoms with Gasteiger partial charge in [0.15, 0.2) is 0 Å². The summed E-state index contributed by atoms with van der Waals surface area (Å²) in [5.74, 6) is -0.219. The number of nitrogens with one attached hydrogen (secondary N) is 1. The van der Waals surface area contributed by atoms with Crippen LogP contribution in [0.3, 0.4) is 0 Å². The van der Waals surface area contributed by atoms with Gasteiger partial charge in [-0.2, -0.15) is 4.72 Å². The first-order valence-corrected chi connectivity index (χ1v) is 12.4. The fourth-order valence-electron chi connectivity index (χ4n) is 3.80. The fourth-order valence-corrected chi connectivity index (χ4v) is 6.59. The van der Waals surface area contributed by atoms with E-state index in [0.29, 0.717) is 24.7 Å². The minimum Gasteiger partial charge on any atom is -0.337 e. The Bertz CT molecular complexity index is 1390. The van der Waals surface area contributed by atoms with Gasteiger partial charge in [-0.3, -0.25) is 4.79 Å². The second kappa shape index (κ2) is 7.87. The number of sulfonamides is 1. The van der Waals surface area contributed by atoms with Crippen molar-refractivity contribution in [3.8, 4) is 0 Å². The van der Waals surface area contributed by atoms with Gasteiger partial charge < -0.3 is 4.90 Å². The van der Waals surface area contributed by atoms with Crippen LogP contribution in [0.25, 0.3) is 21.0 Å². The van der Waals surface area contributed by atoms with E-state index in [1.165, 1.54) is 11.3 Å². The van der Waals surface area contributed by atoms with Crippen LogP contribution in [0.15, 0.2) is 64.9 Å². The number of likely N-dealkylation sites (tertiary alicyclic amines) is 1. The summed E-state index contributed by atoms with van der Waals surface area (Å²) < 4.78 is 29.4. The monoisotopic (exact) mass is 471 g/mol. The minimum atomic E-state index is -3.77. The molecule has 0 saturated carbocycles. The number of rotatable bonds is 5. The van der Waals surface area contributed by atoms with Crippen LogP contribution in [0.4, 0.5) is 0 Å². The van der Waals surface area contributed by atoms with Gasteiger partial charge in [0.05, 0.1) is 5.52 Å². The van der Waals surface area contributed by atoms with Crippen molar-refractivity contribution in [2.45, 2.75) is 23.2 Å². The molecule has 0 unspecified atom stereocenters. The molecule has 5 rings (SSSR count). The van der Waals surface area contributed by atoms with Crippen LogP contribution < -0.4 is 4.72 Å². The van der Waals surface area contributed by atoms with E-state index in [1.807, 2.05) is 48.5 Å². The molecule has 3 heterocycles. The van der Waals surface area contributed by atoms with Crippen molar-refractivity contribution in [1.29, 1.82) is 0 Å². The number of fused-ring (bicyclic) bond motifs is 2. The number of nitrogens with zero attached hydrogens (tertiary/aromatic N) is 2. The van der Waals surface area contributed by atoms with Crippen LogP contribution in [-0.4, -0.2) is 36.8 Å². The van der Waals surface area contributed by atoms with Crippen LogP contribution in [-0.2, 0) is 21.4 Å². The Morgan fingerprint density at radius 2 is 1.90 bits per heavy atom. The van der Waals surface area contributed by atoms with Crippen molar-refractivity contribution >= 4 is 59.9 Å². The molecule has 2 aromatic carbocycles. The number of aromatic nitrogens is 1. The molecule has 0 aliphatic carbocycles. The van der Waals surface area contributed by atoms with E-state index in [9.17, 15) is 13.2 Å². The summed E-state index contributed by atoms with van der Waals surface area (Å²) in [7, 11) is -3.77. The first-order chi connectivity index (χ1) is 14.9. The van der Waals surface area contributed by atoms with Crippen molar-refractivity contribution in [3.63, 3.8) is 0 Å². The van der Waals surface area contributed by atoms with Crippen LogP contribution in [0.1, 0.15) is 12.0 Å². The molecule has 158 valence electrons. The zero-order valence-electron chi connectivity index (χ0n) is 16.3. The lowest BCUT2D eigenvalue weighted by Crippen LogP contribution is -2.41. The zero-order chi connectivity index (χ0) is 21.6. The molecule has 6 nitrogen and oxygen atoms in total. The van der Waals surface area contributed by atoms with Gasteiger partial charge >= 0.3 is 0 Å². The van der Waals surface area contributed by atoms with Crippen LogP contribution in [0, 0.1) is 0 Å². The highest BCUT2D eigenvalue weighted by Crippen LogP contribution is 2.29. The molecule has 1 amide bonds. The van der Waals surface area contributed by atoms with Crippen LogP contribution >= 0.6 is 22.9 Å². The summed E-state index contributed by atoms with van der Waals surface area (Å²) in [6.45, 7) is 0.879. The molecule has 0 radical (unpaired) electrons. The number of carbonyl (C=O) groups is 1. The molecule has 9 heteroatoms. The van der Waals surface area contributed by atoms with Gasteiger partial charge in [0.1, 0.15) is 15.4 Å². The molecule has 1 aliphatic rings. The number of hydrogen-bond acceptors (Lipinski definition) is 5. The van der Waals surface area contributed by atoms with Gasteiger partial charge in [0, 0.05) is 23.2 Å². The van der Waals surface area contributed by atoms with E-state index in [2.05, 4.69) is 9.71 Å². The predicted octanol–water partition coefficient (Wildman–Crippen LogP) is 4.18. The molecule has 1 atom stereocenters. The Kier molecular flexibility index (Phi) is 5.18.